The van der Waals surface area contributed by atoms with E-state index in [1.807, 2.05) is 6.20 Å². The van der Waals surface area contributed by atoms with Crippen LogP contribution in [0.25, 0.3) is 0 Å². The van der Waals surface area contributed by atoms with Gasteiger partial charge in [0.15, 0.2) is 0 Å². The molecule has 0 saturated carbocycles. The van der Waals surface area contributed by atoms with Gasteiger partial charge in [-0.25, -0.2) is 4.98 Å². The number of rotatable bonds is 3. The molecular formula is C11H17N3O2. The van der Waals surface area contributed by atoms with E-state index in [0.29, 0.717) is 17.8 Å². The van der Waals surface area contributed by atoms with Crippen LogP contribution < -0.4 is 14.8 Å². The number of hydrogen-bond acceptors (Lipinski definition) is 5. The van der Waals surface area contributed by atoms with Gasteiger partial charge in [-0.05, 0) is 31.8 Å². The van der Waals surface area contributed by atoms with E-state index in [2.05, 4.69) is 15.3 Å². The van der Waals surface area contributed by atoms with E-state index in [9.17, 15) is 0 Å². The molecule has 1 aliphatic heterocycles. The van der Waals surface area contributed by atoms with E-state index in [4.69, 9.17) is 9.47 Å². The summed E-state index contributed by atoms with van der Waals surface area (Å²) in [5.41, 5.74) is 1.09. The quantitative estimate of drug-likeness (QED) is 0.827. The monoisotopic (exact) mass is 223 g/mol. The standard InChI is InChI=1S/C11H17N3O2/c1-15-10-9(7-13-11(14-10)16-2)8-3-5-12-6-4-8/h7-8,12H,3-6H2,1-2H3. The first kappa shape index (κ1) is 11.1. The van der Waals surface area contributed by atoms with E-state index in [1.165, 1.54) is 0 Å². The molecule has 5 nitrogen and oxygen atoms in total. The largest absolute Gasteiger partial charge is 0.481 e. The summed E-state index contributed by atoms with van der Waals surface area (Å²) in [6, 6.07) is 0.356. The Morgan fingerprint density at radius 1 is 1.25 bits per heavy atom. The Hall–Kier alpha value is -1.36. The van der Waals surface area contributed by atoms with E-state index in [-0.39, 0.29) is 0 Å². The Bertz CT molecular complexity index is 351. The van der Waals surface area contributed by atoms with Crippen LogP contribution in [0.1, 0.15) is 24.3 Å². The molecular weight excluding hydrogens is 206 g/mol. The van der Waals surface area contributed by atoms with Crippen LogP contribution in [0.5, 0.6) is 11.9 Å². The van der Waals surface area contributed by atoms with Gasteiger partial charge in [0.2, 0.25) is 5.88 Å². The van der Waals surface area contributed by atoms with Crippen LogP contribution in [-0.4, -0.2) is 37.3 Å². The fraction of sp³-hybridized carbons (Fsp3) is 0.636. The van der Waals surface area contributed by atoms with Crippen LogP contribution in [0.3, 0.4) is 0 Å². The molecule has 5 heteroatoms. The Kier molecular flexibility index (Phi) is 3.56. The summed E-state index contributed by atoms with van der Waals surface area (Å²) in [6.07, 6.45) is 4.03. The highest BCUT2D eigenvalue weighted by Crippen LogP contribution is 2.31. The molecule has 0 unspecified atom stereocenters. The van der Waals surface area contributed by atoms with Crippen LogP contribution in [-0.2, 0) is 0 Å². The van der Waals surface area contributed by atoms with Gasteiger partial charge >= 0.3 is 6.01 Å². The van der Waals surface area contributed by atoms with Gasteiger partial charge in [-0.3, -0.25) is 0 Å². The maximum atomic E-state index is 5.29. The minimum absolute atomic E-state index is 0.356. The Morgan fingerprint density at radius 2 is 2.00 bits per heavy atom. The van der Waals surface area contributed by atoms with Gasteiger partial charge in [0.05, 0.1) is 14.2 Å². The van der Waals surface area contributed by atoms with Crippen molar-refractivity contribution in [2.45, 2.75) is 18.8 Å². The Labute approximate surface area is 95.2 Å². The van der Waals surface area contributed by atoms with Crippen molar-refractivity contribution < 1.29 is 9.47 Å². The lowest BCUT2D eigenvalue weighted by Crippen LogP contribution is -2.27. The summed E-state index contributed by atoms with van der Waals surface area (Å²) in [5.74, 6) is 1.13. The zero-order valence-electron chi connectivity index (χ0n) is 9.69. The van der Waals surface area contributed by atoms with Gasteiger partial charge in [-0.1, -0.05) is 0 Å². The first-order valence-electron chi connectivity index (χ1n) is 5.50. The summed E-state index contributed by atoms with van der Waals surface area (Å²) in [4.78, 5) is 8.36. The van der Waals surface area contributed by atoms with Crippen LogP contribution >= 0.6 is 0 Å². The van der Waals surface area contributed by atoms with Crippen LogP contribution in [0.2, 0.25) is 0 Å². The normalized spacial score (nSPS) is 17.1. The second-order valence-corrected chi connectivity index (χ2v) is 3.85. The number of nitrogens with one attached hydrogen (secondary N) is 1. The number of aromatic nitrogens is 2. The summed E-state index contributed by atoms with van der Waals surface area (Å²) < 4.78 is 10.3. The van der Waals surface area contributed by atoms with Crippen molar-refractivity contribution in [2.24, 2.45) is 0 Å². The van der Waals surface area contributed by atoms with Crippen molar-refractivity contribution in [1.29, 1.82) is 0 Å². The molecule has 88 valence electrons. The number of ether oxygens (including phenoxy) is 2. The zero-order valence-corrected chi connectivity index (χ0v) is 9.69. The number of nitrogens with zero attached hydrogens (tertiary/aromatic N) is 2. The molecule has 2 rings (SSSR count). The molecule has 1 aliphatic rings. The Balaban J connectivity index is 2.24. The first-order valence-corrected chi connectivity index (χ1v) is 5.50. The molecule has 1 aromatic rings. The van der Waals surface area contributed by atoms with E-state index in [1.54, 1.807) is 14.2 Å². The van der Waals surface area contributed by atoms with Gasteiger partial charge in [0.1, 0.15) is 0 Å². The van der Waals surface area contributed by atoms with Gasteiger partial charge in [-0.15, -0.1) is 0 Å². The molecule has 2 heterocycles. The highest BCUT2D eigenvalue weighted by Gasteiger charge is 2.20. The van der Waals surface area contributed by atoms with Crippen LogP contribution in [0, 0.1) is 0 Å². The van der Waals surface area contributed by atoms with Crippen molar-refractivity contribution >= 4 is 0 Å². The maximum Gasteiger partial charge on any atom is 0.319 e. The van der Waals surface area contributed by atoms with Crippen LogP contribution in [0.4, 0.5) is 0 Å². The highest BCUT2D eigenvalue weighted by atomic mass is 16.5. The molecule has 0 bridgehead atoms. The molecule has 1 saturated heterocycles. The summed E-state index contributed by atoms with van der Waals surface area (Å²) >= 11 is 0. The van der Waals surface area contributed by atoms with E-state index < -0.39 is 0 Å². The van der Waals surface area contributed by atoms with Gasteiger partial charge < -0.3 is 14.8 Å². The lowest BCUT2D eigenvalue weighted by molar-refractivity contribution is 0.341. The highest BCUT2D eigenvalue weighted by molar-refractivity contribution is 5.29. The number of hydrogen-bond donors (Lipinski definition) is 1. The second-order valence-electron chi connectivity index (χ2n) is 3.85. The summed E-state index contributed by atoms with van der Waals surface area (Å²) in [7, 11) is 3.19. The third kappa shape index (κ3) is 2.24. The minimum Gasteiger partial charge on any atom is -0.481 e. The van der Waals surface area contributed by atoms with Crippen molar-refractivity contribution in [1.82, 2.24) is 15.3 Å². The fourth-order valence-electron chi connectivity index (χ4n) is 2.04. The molecule has 1 N–H and O–H groups in total. The first-order chi connectivity index (χ1) is 7.85. The predicted molar refractivity (Wildman–Crippen MR) is 60.0 cm³/mol. The van der Waals surface area contributed by atoms with Gasteiger partial charge in [0.25, 0.3) is 0 Å². The molecule has 1 fully saturated rings. The molecule has 0 atom stereocenters. The van der Waals surface area contributed by atoms with Crippen molar-refractivity contribution in [3.8, 4) is 11.9 Å². The van der Waals surface area contributed by atoms with Crippen molar-refractivity contribution in [3.63, 3.8) is 0 Å². The molecule has 1 aromatic heterocycles. The molecule has 0 spiro atoms. The SMILES string of the molecule is COc1ncc(C2CCNCC2)c(OC)n1. The third-order valence-corrected chi connectivity index (χ3v) is 2.91. The third-order valence-electron chi connectivity index (χ3n) is 2.91. The topological polar surface area (TPSA) is 56.3 Å². The average Bonchev–Trinajstić information content (AvgIpc) is 2.39. The number of piperidine rings is 1. The van der Waals surface area contributed by atoms with Gasteiger partial charge in [-0.2, -0.15) is 4.98 Å². The Morgan fingerprint density at radius 3 is 2.62 bits per heavy atom. The average molecular weight is 223 g/mol. The molecule has 0 aromatic carbocycles. The van der Waals surface area contributed by atoms with Crippen molar-refractivity contribution in [2.75, 3.05) is 27.3 Å². The molecule has 0 aliphatic carbocycles. The number of methoxy groups -OCH3 is 2. The van der Waals surface area contributed by atoms with Crippen molar-refractivity contribution in [3.05, 3.63) is 11.8 Å². The second kappa shape index (κ2) is 5.12. The molecule has 0 radical (unpaired) electrons. The van der Waals surface area contributed by atoms with Crippen LogP contribution in [0.15, 0.2) is 6.20 Å². The van der Waals surface area contributed by atoms with E-state index >= 15 is 0 Å². The molecule has 16 heavy (non-hydrogen) atoms. The predicted octanol–water partition coefficient (Wildman–Crippen LogP) is 0.961. The summed E-state index contributed by atoms with van der Waals surface area (Å²) in [5, 5.41) is 3.34. The summed E-state index contributed by atoms with van der Waals surface area (Å²) in [6.45, 7) is 2.08. The lowest BCUT2D eigenvalue weighted by atomic mass is 9.92. The smallest absolute Gasteiger partial charge is 0.319 e. The zero-order chi connectivity index (χ0) is 11.4. The van der Waals surface area contributed by atoms with E-state index in [0.717, 1.165) is 31.5 Å². The lowest BCUT2D eigenvalue weighted by Gasteiger charge is -2.23. The molecule has 0 amide bonds. The maximum absolute atomic E-state index is 5.29. The van der Waals surface area contributed by atoms with Gasteiger partial charge in [0, 0.05) is 11.8 Å². The fourth-order valence-corrected chi connectivity index (χ4v) is 2.04. The minimum atomic E-state index is 0.356.